The highest BCUT2D eigenvalue weighted by Gasteiger charge is 2.21. The fourth-order valence-corrected chi connectivity index (χ4v) is 2.11. The van der Waals surface area contributed by atoms with Gasteiger partial charge in [0.15, 0.2) is 0 Å². The fraction of sp³-hybridized carbons (Fsp3) is 0.933. The van der Waals surface area contributed by atoms with Crippen molar-refractivity contribution in [3.63, 3.8) is 0 Å². The van der Waals surface area contributed by atoms with Crippen molar-refractivity contribution in [3.8, 4) is 0 Å². The Kier molecular flexibility index (Phi) is 9.08. The summed E-state index contributed by atoms with van der Waals surface area (Å²) in [7, 11) is 0. The molecule has 0 spiro atoms. The van der Waals surface area contributed by atoms with E-state index in [0.717, 1.165) is 51.6 Å². The normalized spacial score (nSPS) is 13.4. The summed E-state index contributed by atoms with van der Waals surface area (Å²) in [6, 6.07) is 0. The molecule has 0 aliphatic rings. The van der Waals surface area contributed by atoms with E-state index in [-0.39, 0.29) is 17.2 Å². The largest absolute Gasteiger partial charge is 0.355 e. The molecule has 0 aromatic carbocycles. The average Bonchev–Trinajstić information content (AvgIpc) is 2.35. The minimum absolute atomic E-state index is 0.151. The Bertz CT molecular complexity index is 227. The van der Waals surface area contributed by atoms with Crippen LogP contribution in [0.25, 0.3) is 0 Å². The van der Waals surface area contributed by atoms with Crippen molar-refractivity contribution in [3.05, 3.63) is 0 Å². The predicted octanol–water partition coefficient (Wildman–Crippen LogP) is 3.08. The molecule has 3 nitrogen and oxygen atoms in total. The molecule has 0 bridgehead atoms. The molecule has 1 atom stereocenters. The smallest absolute Gasteiger partial charge is 0.223 e. The van der Waals surface area contributed by atoms with Crippen molar-refractivity contribution in [2.75, 3.05) is 13.1 Å². The molecule has 0 rings (SSSR count). The van der Waals surface area contributed by atoms with Gasteiger partial charge in [0.2, 0.25) is 5.91 Å². The van der Waals surface area contributed by atoms with Crippen LogP contribution in [0.3, 0.4) is 0 Å². The van der Waals surface area contributed by atoms with Gasteiger partial charge in [0.05, 0.1) is 0 Å². The zero-order valence-electron chi connectivity index (χ0n) is 12.7. The highest BCUT2D eigenvalue weighted by molar-refractivity contribution is 5.78. The standard InChI is InChI=1S/C15H32N2O/c1-5-7-9-13(6-2)14(18)17-12-15(3,4)10-8-11-16/h13H,5-12,16H2,1-4H3,(H,17,18). The van der Waals surface area contributed by atoms with Gasteiger partial charge in [-0.2, -0.15) is 0 Å². The van der Waals surface area contributed by atoms with Gasteiger partial charge in [-0.25, -0.2) is 0 Å². The van der Waals surface area contributed by atoms with E-state index in [1.54, 1.807) is 0 Å². The first-order valence-corrected chi connectivity index (χ1v) is 7.44. The zero-order chi connectivity index (χ0) is 14.0. The summed E-state index contributed by atoms with van der Waals surface area (Å²) in [6.45, 7) is 10.1. The van der Waals surface area contributed by atoms with Crippen molar-refractivity contribution < 1.29 is 4.79 Å². The number of carbonyl (C=O) groups is 1. The maximum Gasteiger partial charge on any atom is 0.223 e. The molecule has 3 N–H and O–H groups in total. The van der Waals surface area contributed by atoms with E-state index in [1.165, 1.54) is 0 Å². The first kappa shape index (κ1) is 17.4. The van der Waals surface area contributed by atoms with Crippen molar-refractivity contribution in [1.82, 2.24) is 5.32 Å². The van der Waals surface area contributed by atoms with E-state index in [1.807, 2.05) is 0 Å². The molecular formula is C15H32N2O. The van der Waals surface area contributed by atoms with Crippen LogP contribution in [0.2, 0.25) is 0 Å². The Hall–Kier alpha value is -0.570. The second-order valence-electron chi connectivity index (χ2n) is 6.02. The van der Waals surface area contributed by atoms with E-state index in [9.17, 15) is 4.79 Å². The van der Waals surface area contributed by atoms with E-state index in [0.29, 0.717) is 0 Å². The monoisotopic (exact) mass is 256 g/mol. The molecule has 108 valence electrons. The van der Waals surface area contributed by atoms with Gasteiger partial charge in [-0.1, -0.05) is 40.5 Å². The SMILES string of the molecule is CCCCC(CC)C(=O)NCC(C)(C)CCCN. The van der Waals surface area contributed by atoms with Crippen molar-refractivity contribution >= 4 is 5.91 Å². The molecule has 0 radical (unpaired) electrons. The van der Waals surface area contributed by atoms with Gasteiger partial charge in [-0.15, -0.1) is 0 Å². The summed E-state index contributed by atoms with van der Waals surface area (Å²) in [4.78, 5) is 12.1. The summed E-state index contributed by atoms with van der Waals surface area (Å²) >= 11 is 0. The van der Waals surface area contributed by atoms with Crippen LogP contribution in [-0.2, 0) is 4.79 Å². The van der Waals surface area contributed by atoms with Gasteiger partial charge in [-0.05, 0) is 37.6 Å². The topological polar surface area (TPSA) is 55.1 Å². The van der Waals surface area contributed by atoms with E-state index in [4.69, 9.17) is 5.73 Å². The second-order valence-corrected chi connectivity index (χ2v) is 6.02. The quantitative estimate of drug-likeness (QED) is 0.631. The third-order valence-electron chi connectivity index (χ3n) is 3.57. The van der Waals surface area contributed by atoms with E-state index >= 15 is 0 Å². The summed E-state index contributed by atoms with van der Waals surface area (Å²) in [5.41, 5.74) is 5.68. The first-order chi connectivity index (χ1) is 8.46. The molecule has 0 fully saturated rings. The minimum atomic E-state index is 0.151. The second kappa shape index (κ2) is 9.37. The Balaban J connectivity index is 4.05. The van der Waals surface area contributed by atoms with Gasteiger partial charge in [0.1, 0.15) is 0 Å². The molecule has 0 aliphatic carbocycles. The summed E-state index contributed by atoms with van der Waals surface area (Å²) < 4.78 is 0. The molecule has 1 amide bonds. The average molecular weight is 256 g/mol. The molecule has 18 heavy (non-hydrogen) atoms. The number of carbonyl (C=O) groups excluding carboxylic acids is 1. The van der Waals surface area contributed by atoms with Crippen LogP contribution >= 0.6 is 0 Å². The van der Waals surface area contributed by atoms with Gasteiger partial charge >= 0.3 is 0 Å². The van der Waals surface area contributed by atoms with Crippen LogP contribution in [-0.4, -0.2) is 19.0 Å². The van der Waals surface area contributed by atoms with Gasteiger partial charge in [0, 0.05) is 12.5 Å². The van der Waals surface area contributed by atoms with Crippen molar-refractivity contribution in [1.29, 1.82) is 0 Å². The Labute approximate surface area is 113 Å². The molecule has 0 aliphatic heterocycles. The lowest BCUT2D eigenvalue weighted by atomic mass is 9.87. The maximum atomic E-state index is 12.1. The number of hydrogen-bond acceptors (Lipinski definition) is 2. The van der Waals surface area contributed by atoms with Crippen LogP contribution < -0.4 is 11.1 Å². The first-order valence-electron chi connectivity index (χ1n) is 7.44. The van der Waals surface area contributed by atoms with Gasteiger partial charge in [0.25, 0.3) is 0 Å². The minimum Gasteiger partial charge on any atom is -0.355 e. The van der Waals surface area contributed by atoms with Gasteiger partial charge in [-0.3, -0.25) is 4.79 Å². The zero-order valence-corrected chi connectivity index (χ0v) is 12.7. The Morgan fingerprint density at radius 3 is 2.44 bits per heavy atom. The van der Waals surface area contributed by atoms with Crippen LogP contribution in [0.5, 0.6) is 0 Å². The predicted molar refractivity (Wildman–Crippen MR) is 78.4 cm³/mol. The lowest BCUT2D eigenvalue weighted by molar-refractivity contribution is -0.125. The van der Waals surface area contributed by atoms with Crippen LogP contribution in [0.4, 0.5) is 0 Å². The molecule has 0 saturated heterocycles. The molecule has 1 unspecified atom stereocenters. The van der Waals surface area contributed by atoms with E-state index in [2.05, 4.69) is 33.0 Å². The highest BCUT2D eigenvalue weighted by Crippen LogP contribution is 2.21. The van der Waals surface area contributed by atoms with Crippen LogP contribution in [0.15, 0.2) is 0 Å². The molecule has 3 heteroatoms. The van der Waals surface area contributed by atoms with Gasteiger partial charge < -0.3 is 11.1 Å². The Morgan fingerprint density at radius 2 is 1.94 bits per heavy atom. The summed E-state index contributed by atoms with van der Waals surface area (Å²) in [5.74, 6) is 0.419. The number of unbranched alkanes of at least 4 members (excludes halogenated alkanes) is 1. The van der Waals surface area contributed by atoms with E-state index < -0.39 is 0 Å². The maximum absolute atomic E-state index is 12.1. The summed E-state index contributed by atoms with van der Waals surface area (Å²) in [6.07, 6.45) is 6.34. The number of rotatable bonds is 10. The number of nitrogens with two attached hydrogens (primary N) is 1. The van der Waals surface area contributed by atoms with Crippen LogP contribution in [0, 0.1) is 11.3 Å². The molecule has 0 aromatic heterocycles. The Morgan fingerprint density at radius 1 is 1.28 bits per heavy atom. The molecular weight excluding hydrogens is 224 g/mol. The molecule has 0 heterocycles. The fourth-order valence-electron chi connectivity index (χ4n) is 2.11. The molecule has 0 aromatic rings. The third-order valence-corrected chi connectivity index (χ3v) is 3.57. The number of hydrogen-bond donors (Lipinski definition) is 2. The molecule has 0 saturated carbocycles. The number of amides is 1. The lowest BCUT2D eigenvalue weighted by Crippen LogP contribution is -2.37. The number of nitrogens with one attached hydrogen (secondary N) is 1. The van der Waals surface area contributed by atoms with Crippen LogP contribution in [0.1, 0.15) is 66.2 Å². The van der Waals surface area contributed by atoms with Crippen molar-refractivity contribution in [2.45, 2.75) is 66.2 Å². The highest BCUT2D eigenvalue weighted by atomic mass is 16.1. The third kappa shape index (κ3) is 7.70. The lowest BCUT2D eigenvalue weighted by Gasteiger charge is -2.26. The summed E-state index contributed by atoms with van der Waals surface area (Å²) in [5, 5.41) is 3.11. The van der Waals surface area contributed by atoms with Crippen molar-refractivity contribution in [2.24, 2.45) is 17.1 Å².